The molecule has 0 spiro atoms. The summed E-state index contributed by atoms with van der Waals surface area (Å²) < 4.78 is 0. The predicted octanol–water partition coefficient (Wildman–Crippen LogP) is 1.61. The van der Waals surface area contributed by atoms with Crippen LogP contribution in [-0.2, 0) is 4.79 Å². The quantitative estimate of drug-likeness (QED) is 0.885. The Labute approximate surface area is 104 Å². The maximum Gasteiger partial charge on any atom is 0.229 e. The zero-order chi connectivity index (χ0) is 12.4. The van der Waals surface area contributed by atoms with Crippen molar-refractivity contribution in [3.63, 3.8) is 0 Å². The number of pyridine rings is 1. The molecule has 5 heteroatoms. The first-order chi connectivity index (χ1) is 8.84. The van der Waals surface area contributed by atoms with Crippen molar-refractivity contribution in [2.45, 2.75) is 12.3 Å². The van der Waals surface area contributed by atoms with E-state index in [0.29, 0.717) is 5.82 Å². The number of carbonyl (C=O) groups is 1. The van der Waals surface area contributed by atoms with Crippen LogP contribution in [0.15, 0.2) is 43.1 Å². The SMILES string of the molecule is O=C(Nc1cnccn1)[C@H]1C[C@@H]1c1cccnc1. The summed E-state index contributed by atoms with van der Waals surface area (Å²) in [7, 11) is 0. The second-order valence-electron chi connectivity index (χ2n) is 4.31. The Balaban J connectivity index is 1.63. The van der Waals surface area contributed by atoms with Gasteiger partial charge in [0.25, 0.3) is 0 Å². The summed E-state index contributed by atoms with van der Waals surface area (Å²) in [5.41, 5.74) is 1.12. The van der Waals surface area contributed by atoms with Gasteiger partial charge in [-0.15, -0.1) is 0 Å². The van der Waals surface area contributed by atoms with Crippen molar-refractivity contribution in [3.05, 3.63) is 48.7 Å². The number of aromatic nitrogens is 3. The molecule has 0 radical (unpaired) electrons. The lowest BCUT2D eigenvalue weighted by molar-refractivity contribution is -0.117. The van der Waals surface area contributed by atoms with Gasteiger partial charge in [0.2, 0.25) is 5.91 Å². The third kappa shape index (κ3) is 2.20. The van der Waals surface area contributed by atoms with Crippen LogP contribution in [0.3, 0.4) is 0 Å². The number of nitrogens with zero attached hydrogens (tertiary/aromatic N) is 3. The number of amides is 1. The Hall–Kier alpha value is -2.30. The van der Waals surface area contributed by atoms with Crippen LogP contribution in [0, 0.1) is 5.92 Å². The van der Waals surface area contributed by atoms with Gasteiger partial charge in [0.1, 0.15) is 0 Å². The average molecular weight is 240 g/mol. The van der Waals surface area contributed by atoms with E-state index in [1.165, 1.54) is 0 Å². The standard InChI is InChI=1S/C13H12N4O/c18-13(17-12-8-15-4-5-16-12)11-6-10(11)9-2-1-3-14-7-9/h1-5,7-8,10-11H,6H2,(H,16,17,18)/t10-,11+/m1/s1. The van der Waals surface area contributed by atoms with E-state index in [2.05, 4.69) is 20.3 Å². The first-order valence-corrected chi connectivity index (χ1v) is 5.81. The molecule has 0 aliphatic heterocycles. The molecule has 0 unspecified atom stereocenters. The van der Waals surface area contributed by atoms with E-state index in [-0.39, 0.29) is 17.7 Å². The smallest absolute Gasteiger partial charge is 0.229 e. The molecule has 1 saturated carbocycles. The van der Waals surface area contributed by atoms with Crippen LogP contribution in [0.2, 0.25) is 0 Å². The third-order valence-corrected chi connectivity index (χ3v) is 3.05. The Morgan fingerprint density at radius 2 is 2.11 bits per heavy atom. The minimum Gasteiger partial charge on any atom is -0.309 e. The van der Waals surface area contributed by atoms with Crippen molar-refractivity contribution in [2.24, 2.45) is 5.92 Å². The van der Waals surface area contributed by atoms with Crippen molar-refractivity contribution in [2.75, 3.05) is 5.32 Å². The summed E-state index contributed by atoms with van der Waals surface area (Å²) in [6, 6.07) is 3.90. The largest absolute Gasteiger partial charge is 0.309 e. The van der Waals surface area contributed by atoms with Crippen LogP contribution in [-0.4, -0.2) is 20.9 Å². The summed E-state index contributed by atoms with van der Waals surface area (Å²) >= 11 is 0. The van der Waals surface area contributed by atoms with Gasteiger partial charge < -0.3 is 5.32 Å². The van der Waals surface area contributed by atoms with Crippen molar-refractivity contribution in [3.8, 4) is 0 Å². The van der Waals surface area contributed by atoms with E-state index in [4.69, 9.17) is 0 Å². The molecule has 1 aliphatic rings. The van der Waals surface area contributed by atoms with Gasteiger partial charge in [-0.1, -0.05) is 6.07 Å². The molecule has 0 saturated heterocycles. The fourth-order valence-corrected chi connectivity index (χ4v) is 2.03. The molecule has 5 nitrogen and oxygen atoms in total. The third-order valence-electron chi connectivity index (χ3n) is 3.05. The molecule has 0 aromatic carbocycles. The molecule has 1 aliphatic carbocycles. The molecular weight excluding hydrogens is 228 g/mol. The lowest BCUT2D eigenvalue weighted by Crippen LogP contribution is -2.15. The number of nitrogens with one attached hydrogen (secondary N) is 1. The second kappa shape index (κ2) is 4.52. The molecule has 1 fully saturated rings. The summed E-state index contributed by atoms with van der Waals surface area (Å²) in [6.07, 6.45) is 9.10. The monoisotopic (exact) mass is 240 g/mol. The van der Waals surface area contributed by atoms with Gasteiger partial charge in [-0.05, 0) is 24.0 Å². The number of anilines is 1. The van der Waals surface area contributed by atoms with E-state index in [1.54, 1.807) is 24.8 Å². The van der Waals surface area contributed by atoms with Gasteiger partial charge in [0.15, 0.2) is 5.82 Å². The number of rotatable bonds is 3. The normalized spacial score (nSPS) is 21.3. The molecule has 1 amide bonds. The maximum atomic E-state index is 12.0. The van der Waals surface area contributed by atoms with E-state index in [1.807, 2.05) is 18.3 Å². The highest BCUT2D eigenvalue weighted by molar-refractivity contribution is 5.94. The summed E-state index contributed by atoms with van der Waals surface area (Å²) in [6.45, 7) is 0. The summed E-state index contributed by atoms with van der Waals surface area (Å²) in [5.74, 6) is 0.815. The van der Waals surface area contributed by atoms with Crippen molar-refractivity contribution in [1.82, 2.24) is 15.0 Å². The average Bonchev–Trinajstić information content (AvgIpc) is 3.21. The second-order valence-corrected chi connectivity index (χ2v) is 4.31. The zero-order valence-corrected chi connectivity index (χ0v) is 9.65. The number of carbonyl (C=O) groups excluding carboxylic acids is 1. The van der Waals surface area contributed by atoms with E-state index in [0.717, 1.165) is 12.0 Å². The van der Waals surface area contributed by atoms with Gasteiger partial charge in [-0.25, -0.2) is 4.98 Å². The van der Waals surface area contributed by atoms with Gasteiger partial charge >= 0.3 is 0 Å². The number of hydrogen-bond acceptors (Lipinski definition) is 4. The topological polar surface area (TPSA) is 67.8 Å². The molecule has 3 rings (SSSR count). The van der Waals surface area contributed by atoms with Gasteiger partial charge in [-0.2, -0.15) is 0 Å². The molecular formula is C13H12N4O. The lowest BCUT2D eigenvalue weighted by Gasteiger charge is -2.02. The van der Waals surface area contributed by atoms with Crippen LogP contribution in [0.25, 0.3) is 0 Å². The highest BCUT2D eigenvalue weighted by atomic mass is 16.2. The lowest BCUT2D eigenvalue weighted by atomic mass is 10.1. The molecule has 18 heavy (non-hydrogen) atoms. The fraction of sp³-hybridized carbons (Fsp3) is 0.231. The van der Waals surface area contributed by atoms with E-state index in [9.17, 15) is 4.79 Å². The predicted molar refractivity (Wildman–Crippen MR) is 65.7 cm³/mol. The molecule has 2 aromatic heterocycles. The van der Waals surface area contributed by atoms with Crippen molar-refractivity contribution < 1.29 is 4.79 Å². The highest BCUT2D eigenvalue weighted by Gasteiger charge is 2.44. The van der Waals surface area contributed by atoms with Crippen molar-refractivity contribution in [1.29, 1.82) is 0 Å². The van der Waals surface area contributed by atoms with E-state index < -0.39 is 0 Å². The van der Waals surface area contributed by atoms with Gasteiger partial charge in [0.05, 0.1) is 6.20 Å². The molecule has 2 aromatic rings. The zero-order valence-electron chi connectivity index (χ0n) is 9.65. The first kappa shape index (κ1) is 10.8. The Morgan fingerprint density at radius 3 is 2.83 bits per heavy atom. The first-order valence-electron chi connectivity index (χ1n) is 5.81. The van der Waals surface area contributed by atoms with Gasteiger partial charge in [0, 0.05) is 30.7 Å². The molecule has 90 valence electrons. The summed E-state index contributed by atoms with van der Waals surface area (Å²) in [5, 5.41) is 2.77. The van der Waals surface area contributed by atoms with Crippen LogP contribution in [0.1, 0.15) is 17.9 Å². The number of hydrogen-bond donors (Lipinski definition) is 1. The Kier molecular flexibility index (Phi) is 2.72. The van der Waals surface area contributed by atoms with E-state index >= 15 is 0 Å². The molecule has 1 N–H and O–H groups in total. The van der Waals surface area contributed by atoms with Crippen LogP contribution in [0.4, 0.5) is 5.82 Å². The molecule has 2 heterocycles. The van der Waals surface area contributed by atoms with Crippen LogP contribution >= 0.6 is 0 Å². The van der Waals surface area contributed by atoms with Crippen molar-refractivity contribution >= 4 is 11.7 Å². The highest BCUT2D eigenvalue weighted by Crippen LogP contribution is 2.47. The minimum atomic E-state index is 0.00403. The molecule has 0 bridgehead atoms. The molecule has 2 atom stereocenters. The maximum absolute atomic E-state index is 12.0. The minimum absolute atomic E-state index is 0.00403. The Morgan fingerprint density at radius 1 is 1.22 bits per heavy atom. The van der Waals surface area contributed by atoms with Gasteiger partial charge in [-0.3, -0.25) is 14.8 Å². The summed E-state index contributed by atoms with van der Waals surface area (Å²) in [4.78, 5) is 24.0. The fourth-order valence-electron chi connectivity index (χ4n) is 2.03. The van der Waals surface area contributed by atoms with Crippen LogP contribution < -0.4 is 5.32 Å². The Bertz CT molecular complexity index is 543. The van der Waals surface area contributed by atoms with Crippen LogP contribution in [0.5, 0.6) is 0 Å².